The van der Waals surface area contributed by atoms with Crippen molar-refractivity contribution < 1.29 is 14.0 Å². The largest absolute Gasteiger partial charge is 0.312 e. The molecular weight excluding hydrogens is 483 g/mol. The van der Waals surface area contributed by atoms with Crippen LogP contribution in [0, 0.1) is 5.82 Å². The minimum absolute atomic E-state index is 0.0502. The summed E-state index contributed by atoms with van der Waals surface area (Å²) >= 11 is 2.74. The maximum Gasteiger partial charge on any atom is 0.244 e. The summed E-state index contributed by atoms with van der Waals surface area (Å²) in [6.07, 6.45) is 0.288. The first-order valence-corrected chi connectivity index (χ1v) is 12.7. The summed E-state index contributed by atoms with van der Waals surface area (Å²) in [5, 5.41) is 11.9. The van der Waals surface area contributed by atoms with Crippen molar-refractivity contribution in [2.75, 3.05) is 16.8 Å². The van der Waals surface area contributed by atoms with Gasteiger partial charge in [-0.15, -0.1) is 22.0 Å². The van der Waals surface area contributed by atoms with Gasteiger partial charge in [-0.25, -0.2) is 4.39 Å². The van der Waals surface area contributed by atoms with E-state index >= 15 is 0 Å². The highest BCUT2D eigenvalue weighted by atomic mass is 32.2. The molecule has 0 saturated carbocycles. The molecule has 0 aliphatic carbocycles. The van der Waals surface area contributed by atoms with Crippen LogP contribution >= 0.6 is 23.1 Å². The van der Waals surface area contributed by atoms with Gasteiger partial charge in [0.1, 0.15) is 16.1 Å². The number of thioether (sulfide) groups is 1. The Balaban J connectivity index is 1.29. The standard InChI is InChI=1S/C26H21FN4O2S2/c27-19-11-13-20(14-12-19)31-16-18(15-22(31)32)25-29-30-26(35-25)28-24(33)23(17-7-3-1-4-8-17)34-21-9-5-2-6-10-21/h1-14,18,23H,15-16H2,(H,28,30,33). The number of aromatic nitrogens is 2. The van der Waals surface area contributed by atoms with Crippen molar-refractivity contribution in [2.45, 2.75) is 22.5 Å². The number of benzene rings is 3. The van der Waals surface area contributed by atoms with Crippen LogP contribution < -0.4 is 10.2 Å². The molecule has 0 bridgehead atoms. The summed E-state index contributed by atoms with van der Waals surface area (Å²) < 4.78 is 13.3. The van der Waals surface area contributed by atoms with Crippen LogP contribution in [-0.4, -0.2) is 28.6 Å². The minimum Gasteiger partial charge on any atom is -0.312 e. The zero-order valence-corrected chi connectivity index (χ0v) is 20.1. The average molecular weight is 505 g/mol. The first-order chi connectivity index (χ1) is 17.1. The molecule has 2 atom stereocenters. The molecule has 4 aromatic rings. The van der Waals surface area contributed by atoms with E-state index in [1.165, 1.54) is 35.2 Å². The predicted molar refractivity (Wildman–Crippen MR) is 136 cm³/mol. The number of hydrogen-bond acceptors (Lipinski definition) is 6. The molecule has 5 rings (SSSR count). The number of hydrogen-bond donors (Lipinski definition) is 1. The second kappa shape index (κ2) is 10.4. The van der Waals surface area contributed by atoms with Crippen LogP contribution in [0.15, 0.2) is 89.8 Å². The lowest BCUT2D eigenvalue weighted by Gasteiger charge is -2.16. The number of nitrogens with zero attached hydrogens (tertiary/aromatic N) is 3. The third-order valence-corrected chi connectivity index (χ3v) is 7.89. The van der Waals surface area contributed by atoms with Crippen molar-refractivity contribution in [3.63, 3.8) is 0 Å². The molecule has 1 saturated heterocycles. The summed E-state index contributed by atoms with van der Waals surface area (Å²) in [5.74, 6) is -0.728. The van der Waals surface area contributed by atoms with Crippen molar-refractivity contribution in [3.05, 3.63) is 101 Å². The molecular formula is C26H21FN4O2S2. The lowest BCUT2D eigenvalue weighted by Crippen LogP contribution is -2.24. The van der Waals surface area contributed by atoms with Gasteiger partial charge in [-0.05, 0) is 42.0 Å². The van der Waals surface area contributed by atoms with Crippen LogP contribution in [-0.2, 0) is 9.59 Å². The summed E-state index contributed by atoms with van der Waals surface area (Å²) in [6.45, 7) is 0.434. The van der Waals surface area contributed by atoms with Gasteiger partial charge in [0.15, 0.2) is 0 Å². The van der Waals surface area contributed by atoms with Crippen LogP contribution in [0.4, 0.5) is 15.2 Å². The van der Waals surface area contributed by atoms with E-state index in [9.17, 15) is 14.0 Å². The number of halogens is 1. The molecule has 6 nitrogen and oxygen atoms in total. The molecule has 176 valence electrons. The Morgan fingerprint density at radius 3 is 2.40 bits per heavy atom. The number of carbonyl (C=O) groups excluding carboxylic acids is 2. The lowest BCUT2D eigenvalue weighted by molar-refractivity contribution is -0.117. The van der Waals surface area contributed by atoms with Gasteiger partial charge in [0, 0.05) is 29.5 Å². The Morgan fingerprint density at radius 1 is 1.00 bits per heavy atom. The Labute approximate surface area is 210 Å². The first-order valence-electron chi connectivity index (χ1n) is 11.0. The van der Waals surface area contributed by atoms with Crippen molar-refractivity contribution in [3.8, 4) is 0 Å². The highest BCUT2D eigenvalue weighted by Crippen LogP contribution is 2.38. The van der Waals surface area contributed by atoms with Gasteiger partial charge in [-0.2, -0.15) is 0 Å². The molecule has 2 heterocycles. The molecule has 1 aromatic heterocycles. The quantitative estimate of drug-likeness (QED) is 0.328. The molecule has 35 heavy (non-hydrogen) atoms. The SMILES string of the molecule is O=C(Nc1nnc(C2CC(=O)N(c3ccc(F)cc3)C2)s1)C(Sc1ccccc1)c1ccccc1. The topological polar surface area (TPSA) is 75.2 Å². The molecule has 0 spiro atoms. The van der Waals surface area contributed by atoms with Gasteiger partial charge in [-0.3, -0.25) is 14.9 Å². The summed E-state index contributed by atoms with van der Waals surface area (Å²) in [5.41, 5.74) is 1.54. The molecule has 2 unspecified atom stereocenters. The molecule has 1 N–H and O–H groups in total. The lowest BCUT2D eigenvalue weighted by atomic mass is 10.1. The molecule has 3 aromatic carbocycles. The number of amides is 2. The fourth-order valence-corrected chi connectivity index (χ4v) is 5.78. The van der Waals surface area contributed by atoms with Crippen molar-refractivity contribution >= 4 is 45.7 Å². The Hall–Kier alpha value is -3.56. The number of anilines is 2. The van der Waals surface area contributed by atoms with E-state index in [-0.39, 0.29) is 30.0 Å². The van der Waals surface area contributed by atoms with E-state index in [2.05, 4.69) is 15.5 Å². The van der Waals surface area contributed by atoms with E-state index < -0.39 is 5.25 Å². The van der Waals surface area contributed by atoms with Crippen molar-refractivity contribution in [1.82, 2.24) is 10.2 Å². The molecule has 9 heteroatoms. The van der Waals surface area contributed by atoms with E-state index in [1.807, 2.05) is 60.7 Å². The normalized spacial score (nSPS) is 16.3. The molecule has 2 amide bonds. The molecule has 1 aliphatic rings. The average Bonchev–Trinajstić information content (AvgIpc) is 3.50. The molecule has 1 aliphatic heterocycles. The Kier molecular flexibility index (Phi) is 6.87. The van der Waals surface area contributed by atoms with Crippen LogP contribution in [0.1, 0.15) is 28.2 Å². The van der Waals surface area contributed by atoms with E-state index in [0.717, 1.165) is 10.5 Å². The number of nitrogens with one attached hydrogen (secondary N) is 1. The van der Waals surface area contributed by atoms with E-state index in [0.29, 0.717) is 22.4 Å². The first kappa shape index (κ1) is 23.2. The second-order valence-corrected chi connectivity index (χ2v) is 10.2. The fourth-order valence-electron chi connectivity index (χ4n) is 3.90. The van der Waals surface area contributed by atoms with Gasteiger partial charge in [0.25, 0.3) is 0 Å². The van der Waals surface area contributed by atoms with Gasteiger partial charge < -0.3 is 4.90 Å². The summed E-state index contributed by atoms with van der Waals surface area (Å²) in [7, 11) is 0. The number of carbonyl (C=O) groups is 2. The van der Waals surface area contributed by atoms with Crippen LogP contribution in [0.2, 0.25) is 0 Å². The summed E-state index contributed by atoms with van der Waals surface area (Å²) in [6, 6.07) is 25.2. The predicted octanol–water partition coefficient (Wildman–Crippen LogP) is 5.67. The van der Waals surface area contributed by atoms with Crippen molar-refractivity contribution in [2.24, 2.45) is 0 Å². The maximum atomic E-state index is 13.3. The molecule has 0 radical (unpaired) electrons. The van der Waals surface area contributed by atoms with E-state index in [4.69, 9.17) is 0 Å². The monoisotopic (exact) mass is 504 g/mol. The third-order valence-electron chi connectivity index (χ3n) is 5.62. The highest BCUT2D eigenvalue weighted by molar-refractivity contribution is 8.00. The van der Waals surface area contributed by atoms with E-state index in [1.54, 1.807) is 17.0 Å². The van der Waals surface area contributed by atoms with Gasteiger partial charge in [-0.1, -0.05) is 59.9 Å². The third kappa shape index (κ3) is 5.41. The number of rotatable bonds is 7. The van der Waals surface area contributed by atoms with Crippen LogP contribution in [0.5, 0.6) is 0 Å². The zero-order valence-electron chi connectivity index (χ0n) is 18.5. The summed E-state index contributed by atoms with van der Waals surface area (Å²) in [4.78, 5) is 28.5. The molecule has 1 fully saturated rings. The minimum atomic E-state index is -0.465. The fraction of sp³-hybridized carbons (Fsp3) is 0.154. The zero-order chi connectivity index (χ0) is 24.2. The Morgan fingerprint density at radius 2 is 1.69 bits per heavy atom. The van der Waals surface area contributed by atoms with Crippen LogP contribution in [0.25, 0.3) is 0 Å². The van der Waals surface area contributed by atoms with Crippen LogP contribution in [0.3, 0.4) is 0 Å². The van der Waals surface area contributed by atoms with Gasteiger partial charge in [0.05, 0.1) is 0 Å². The van der Waals surface area contributed by atoms with Gasteiger partial charge >= 0.3 is 0 Å². The highest BCUT2D eigenvalue weighted by Gasteiger charge is 2.34. The second-order valence-electron chi connectivity index (χ2n) is 8.04. The van der Waals surface area contributed by atoms with Gasteiger partial charge in [0.2, 0.25) is 16.9 Å². The maximum absolute atomic E-state index is 13.3. The Bertz CT molecular complexity index is 1320. The smallest absolute Gasteiger partial charge is 0.244 e. The van der Waals surface area contributed by atoms with Crippen molar-refractivity contribution in [1.29, 1.82) is 0 Å².